The number of ether oxygens (including phenoxy) is 2. The van der Waals surface area contributed by atoms with Crippen LogP contribution < -0.4 is 9.47 Å². The summed E-state index contributed by atoms with van der Waals surface area (Å²) < 4.78 is 42.4. The van der Waals surface area contributed by atoms with Crippen molar-refractivity contribution in [1.82, 2.24) is 14.7 Å². The van der Waals surface area contributed by atoms with Crippen molar-refractivity contribution >= 4 is 15.7 Å². The van der Waals surface area contributed by atoms with Crippen LogP contribution in [0.5, 0.6) is 11.5 Å². The lowest BCUT2D eigenvalue weighted by atomic mass is 9.98. The third-order valence-corrected chi connectivity index (χ3v) is 10.3. The van der Waals surface area contributed by atoms with Crippen molar-refractivity contribution in [2.45, 2.75) is 54.6 Å². The smallest absolute Gasteiger partial charge is 0.289 e. The molecule has 1 amide bonds. The Morgan fingerprint density at radius 2 is 1.65 bits per heavy atom. The van der Waals surface area contributed by atoms with E-state index in [0.29, 0.717) is 29.3 Å². The summed E-state index contributed by atoms with van der Waals surface area (Å²) in [5, 5.41) is 0. The van der Waals surface area contributed by atoms with Gasteiger partial charge < -0.3 is 18.8 Å². The molecule has 0 saturated carbocycles. The normalized spacial score (nSPS) is 21.4. The molecule has 0 radical (unpaired) electrons. The van der Waals surface area contributed by atoms with E-state index in [1.807, 2.05) is 17.0 Å². The Kier molecular flexibility index (Phi) is 7.33. The number of carbonyl (C=O) groups excluding carboxylic acids is 1. The predicted octanol–water partition coefficient (Wildman–Crippen LogP) is 4.21. The summed E-state index contributed by atoms with van der Waals surface area (Å²) in [7, 11) is -3.67. The van der Waals surface area contributed by atoms with Crippen LogP contribution in [0.25, 0.3) is 0 Å². The zero-order valence-corrected chi connectivity index (χ0v) is 23.7. The number of furan rings is 1. The van der Waals surface area contributed by atoms with Crippen molar-refractivity contribution < 1.29 is 27.1 Å². The van der Waals surface area contributed by atoms with Crippen LogP contribution in [-0.2, 0) is 9.84 Å². The first-order valence-corrected chi connectivity index (χ1v) is 15.4. The number of hydrogen-bond acceptors (Lipinski definition) is 8. The molecule has 3 aliphatic rings. The van der Waals surface area contributed by atoms with Crippen LogP contribution in [-0.4, -0.2) is 80.6 Å². The monoisotopic (exact) mass is 565 g/mol. The van der Waals surface area contributed by atoms with Crippen LogP contribution in [0.1, 0.15) is 48.8 Å². The molecule has 1 aromatic heterocycles. The van der Waals surface area contributed by atoms with Gasteiger partial charge in [-0.15, -0.1) is 0 Å². The van der Waals surface area contributed by atoms with Gasteiger partial charge in [0.25, 0.3) is 5.91 Å². The molecule has 4 heterocycles. The number of hydrogen-bond donors (Lipinski definition) is 0. The highest BCUT2D eigenvalue weighted by molar-refractivity contribution is 7.91. The van der Waals surface area contributed by atoms with Crippen LogP contribution in [0.4, 0.5) is 0 Å². The zero-order valence-electron chi connectivity index (χ0n) is 22.9. The standard InChI is InChI=1S/C30H35N3O6S/c1-21-19-32(24-11-13-31(14-12-24)30(34)28-4-3-17-37-28)15-16-33(21)22(2)23-5-7-25(8-6-23)40(35,36)26-9-10-27-29(18-26)39-20-38-27/h3-10,17-18,21-22,24H,11-16,19-20H2,1-2H3/t21-,22+/m1/s1. The fourth-order valence-corrected chi connectivity index (χ4v) is 7.47. The molecule has 0 spiro atoms. The quantitative estimate of drug-likeness (QED) is 0.439. The molecule has 6 rings (SSSR count). The number of amides is 1. The van der Waals surface area contributed by atoms with E-state index in [1.54, 1.807) is 42.7 Å². The maximum absolute atomic E-state index is 13.2. The highest BCUT2D eigenvalue weighted by Gasteiger charge is 2.34. The topological polar surface area (TPSA) is 92.5 Å². The summed E-state index contributed by atoms with van der Waals surface area (Å²) in [6.07, 6.45) is 3.47. The Morgan fingerprint density at radius 1 is 0.925 bits per heavy atom. The molecule has 2 fully saturated rings. The number of likely N-dealkylation sites (tertiary alicyclic amines) is 1. The van der Waals surface area contributed by atoms with Crippen molar-refractivity contribution in [3.63, 3.8) is 0 Å². The molecule has 0 N–H and O–H groups in total. The van der Waals surface area contributed by atoms with E-state index >= 15 is 0 Å². The lowest BCUT2D eigenvalue weighted by Crippen LogP contribution is -2.57. The first-order chi connectivity index (χ1) is 19.3. The summed E-state index contributed by atoms with van der Waals surface area (Å²) in [4.78, 5) is 20.0. The van der Waals surface area contributed by atoms with E-state index in [2.05, 4.69) is 23.6 Å². The predicted molar refractivity (Wildman–Crippen MR) is 148 cm³/mol. The number of fused-ring (bicyclic) bond motifs is 1. The van der Waals surface area contributed by atoms with Gasteiger partial charge in [0.15, 0.2) is 17.3 Å². The molecular weight excluding hydrogens is 530 g/mol. The number of sulfone groups is 1. The number of benzene rings is 2. The molecule has 212 valence electrons. The molecule has 9 nitrogen and oxygen atoms in total. The van der Waals surface area contributed by atoms with Gasteiger partial charge in [-0.1, -0.05) is 12.1 Å². The van der Waals surface area contributed by atoms with Crippen LogP contribution in [0.2, 0.25) is 0 Å². The lowest BCUT2D eigenvalue weighted by Gasteiger charge is -2.47. The Labute approximate surface area is 235 Å². The lowest BCUT2D eigenvalue weighted by molar-refractivity contribution is 0.0130. The fourth-order valence-electron chi connectivity index (χ4n) is 6.19. The first-order valence-electron chi connectivity index (χ1n) is 13.9. The average molecular weight is 566 g/mol. The average Bonchev–Trinajstić information content (AvgIpc) is 3.69. The Balaban J connectivity index is 1.05. The molecule has 3 aliphatic heterocycles. The van der Waals surface area contributed by atoms with Crippen molar-refractivity contribution in [1.29, 1.82) is 0 Å². The largest absolute Gasteiger partial charge is 0.459 e. The minimum atomic E-state index is -3.67. The van der Waals surface area contributed by atoms with E-state index in [0.717, 1.165) is 51.1 Å². The van der Waals surface area contributed by atoms with Gasteiger partial charge in [0.1, 0.15) is 0 Å². The van der Waals surface area contributed by atoms with E-state index in [1.165, 1.54) is 6.07 Å². The molecule has 3 aromatic rings. The van der Waals surface area contributed by atoms with Gasteiger partial charge in [-0.3, -0.25) is 14.6 Å². The second-order valence-electron chi connectivity index (χ2n) is 10.8. The van der Waals surface area contributed by atoms with Gasteiger partial charge in [-0.2, -0.15) is 0 Å². The summed E-state index contributed by atoms with van der Waals surface area (Å²) in [6, 6.07) is 16.4. The van der Waals surface area contributed by atoms with Gasteiger partial charge in [0, 0.05) is 56.9 Å². The summed E-state index contributed by atoms with van der Waals surface area (Å²) in [6.45, 7) is 8.92. The molecule has 0 unspecified atom stereocenters. The van der Waals surface area contributed by atoms with E-state index in [9.17, 15) is 13.2 Å². The van der Waals surface area contributed by atoms with E-state index in [-0.39, 0.29) is 28.5 Å². The SMILES string of the molecule is C[C@@H]1CN(C2CCN(C(=O)c3ccco3)CC2)CCN1[C@@H](C)c1ccc(S(=O)(=O)c2ccc3c(c2)OCO3)cc1. The third kappa shape index (κ3) is 5.11. The highest BCUT2D eigenvalue weighted by Crippen LogP contribution is 2.36. The van der Waals surface area contributed by atoms with E-state index in [4.69, 9.17) is 13.9 Å². The van der Waals surface area contributed by atoms with Gasteiger partial charge in [-0.25, -0.2) is 8.42 Å². The van der Waals surface area contributed by atoms with Crippen molar-refractivity contribution in [3.8, 4) is 11.5 Å². The molecule has 40 heavy (non-hydrogen) atoms. The van der Waals surface area contributed by atoms with Crippen LogP contribution in [0, 0.1) is 0 Å². The van der Waals surface area contributed by atoms with Gasteiger partial charge >= 0.3 is 0 Å². The summed E-state index contributed by atoms with van der Waals surface area (Å²) in [5.41, 5.74) is 1.09. The fraction of sp³-hybridized carbons (Fsp3) is 0.433. The van der Waals surface area contributed by atoms with Gasteiger partial charge in [0.2, 0.25) is 16.6 Å². The number of carbonyl (C=O) groups is 1. The van der Waals surface area contributed by atoms with Crippen LogP contribution >= 0.6 is 0 Å². The zero-order chi connectivity index (χ0) is 27.9. The Bertz CT molecular complexity index is 1450. The third-order valence-electron chi connectivity index (χ3n) is 8.53. The Hall–Kier alpha value is -3.34. The van der Waals surface area contributed by atoms with Crippen molar-refractivity contribution in [3.05, 3.63) is 72.2 Å². The Morgan fingerprint density at radius 3 is 2.35 bits per heavy atom. The van der Waals surface area contributed by atoms with Gasteiger partial charge in [0.05, 0.1) is 16.1 Å². The van der Waals surface area contributed by atoms with Crippen LogP contribution in [0.3, 0.4) is 0 Å². The van der Waals surface area contributed by atoms with Crippen LogP contribution in [0.15, 0.2) is 75.1 Å². The van der Waals surface area contributed by atoms with E-state index < -0.39 is 9.84 Å². The first kappa shape index (κ1) is 26.9. The summed E-state index contributed by atoms with van der Waals surface area (Å²) >= 11 is 0. The molecule has 0 aliphatic carbocycles. The van der Waals surface area contributed by atoms with Gasteiger partial charge in [-0.05, 0) is 68.7 Å². The van der Waals surface area contributed by atoms with Crippen molar-refractivity contribution in [2.75, 3.05) is 39.5 Å². The highest BCUT2D eigenvalue weighted by atomic mass is 32.2. The second kappa shape index (κ2) is 10.9. The molecule has 2 saturated heterocycles. The maximum Gasteiger partial charge on any atom is 0.289 e. The second-order valence-corrected chi connectivity index (χ2v) is 12.8. The molecule has 2 aromatic carbocycles. The molecule has 0 bridgehead atoms. The minimum Gasteiger partial charge on any atom is -0.459 e. The maximum atomic E-state index is 13.2. The molecule has 2 atom stereocenters. The number of piperidine rings is 1. The molecule has 10 heteroatoms. The summed E-state index contributed by atoms with van der Waals surface area (Å²) in [5.74, 6) is 1.40. The molecular formula is C30H35N3O6S. The number of nitrogens with zero attached hydrogens (tertiary/aromatic N) is 3. The van der Waals surface area contributed by atoms with Crippen molar-refractivity contribution in [2.24, 2.45) is 0 Å². The minimum absolute atomic E-state index is 0.0230. The number of piperazine rings is 1. The number of rotatable bonds is 6.